The van der Waals surface area contributed by atoms with Crippen molar-refractivity contribution in [2.24, 2.45) is 0 Å². The SMILES string of the molecule is COc1ccc(N2CCCNC3(CCCCC3)C2)cc1. The Morgan fingerprint density at radius 2 is 1.80 bits per heavy atom. The van der Waals surface area contributed by atoms with Gasteiger partial charge in [-0.3, -0.25) is 0 Å². The highest BCUT2D eigenvalue weighted by atomic mass is 16.5. The van der Waals surface area contributed by atoms with Crippen LogP contribution >= 0.6 is 0 Å². The molecule has 1 saturated heterocycles. The Bertz CT molecular complexity index is 423. The Morgan fingerprint density at radius 3 is 2.50 bits per heavy atom. The van der Waals surface area contributed by atoms with Crippen LogP contribution in [0.25, 0.3) is 0 Å². The van der Waals surface area contributed by atoms with Gasteiger partial charge in [-0.05, 0) is 50.1 Å². The molecule has 1 heterocycles. The van der Waals surface area contributed by atoms with Crippen molar-refractivity contribution in [1.82, 2.24) is 5.32 Å². The van der Waals surface area contributed by atoms with Crippen LogP contribution in [-0.4, -0.2) is 32.3 Å². The lowest BCUT2D eigenvalue weighted by atomic mass is 9.81. The predicted octanol–water partition coefficient (Wildman–Crippen LogP) is 3.20. The molecule has 1 aliphatic carbocycles. The van der Waals surface area contributed by atoms with Crippen LogP contribution in [0.5, 0.6) is 5.75 Å². The summed E-state index contributed by atoms with van der Waals surface area (Å²) in [6, 6.07) is 8.53. The average molecular weight is 274 g/mol. The molecule has 0 amide bonds. The molecule has 0 radical (unpaired) electrons. The van der Waals surface area contributed by atoms with Gasteiger partial charge in [0.25, 0.3) is 0 Å². The van der Waals surface area contributed by atoms with Crippen molar-refractivity contribution in [3.8, 4) is 5.75 Å². The minimum absolute atomic E-state index is 0.356. The largest absolute Gasteiger partial charge is 0.497 e. The third kappa shape index (κ3) is 2.93. The summed E-state index contributed by atoms with van der Waals surface area (Å²) >= 11 is 0. The zero-order valence-corrected chi connectivity index (χ0v) is 12.5. The van der Waals surface area contributed by atoms with Crippen LogP contribution in [0, 0.1) is 0 Å². The van der Waals surface area contributed by atoms with Gasteiger partial charge in [0.05, 0.1) is 7.11 Å². The van der Waals surface area contributed by atoms with Gasteiger partial charge in [-0.2, -0.15) is 0 Å². The highest BCUT2D eigenvalue weighted by Crippen LogP contribution is 2.32. The Balaban J connectivity index is 1.76. The van der Waals surface area contributed by atoms with Gasteiger partial charge in [-0.15, -0.1) is 0 Å². The van der Waals surface area contributed by atoms with E-state index in [9.17, 15) is 0 Å². The van der Waals surface area contributed by atoms with E-state index < -0.39 is 0 Å². The molecule has 0 unspecified atom stereocenters. The number of nitrogens with one attached hydrogen (secondary N) is 1. The molecule has 3 heteroatoms. The monoisotopic (exact) mass is 274 g/mol. The number of hydrogen-bond acceptors (Lipinski definition) is 3. The average Bonchev–Trinajstić information content (AvgIpc) is 2.71. The number of anilines is 1. The molecule has 110 valence electrons. The van der Waals surface area contributed by atoms with E-state index in [4.69, 9.17) is 4.74 Å². The van der Waals surface area contributed by atoms with Gasteiger partial charge in [0, 0.05) is 24.3 Å². The Hall–Kier alpha value is -1.22. The Morgan fingerprint density at radius 1 is 1.05 bits per heavy atom. The van der Waals surface area contributed by atoms with Crippen LogP contribution in [0.4, 0.5) is 5.69 Å². The minimum Gasteiger partial charge on any atom is -0.497 e. The lowest BCUT2D eigenvalue weighted by Crippen LogP contribution is -2.52. The Labute approximate surface area is 122 Å². The second kappa shape index (κ2) is 6.04. The van der Waals surface area contributed by atoms with E-state index in [0.717, 1.165) is 25.4 Å². The van der Waals surface area contributed by atoms with E-state index in [0.29, 0.717) is 5.54 Å². The minimum atomic E-state index is 0.356. The van der Waals surface area contributed by atoms with E-state index >= 15 is 0 Å². The second-order valence-electron chi connectivity index (χ2n) is 6.24. The molecule has 1 aliphatic heterocycles. The Kier molecular flexibility index (Phi) is 4.16. The highest BCUT2D eigenvalue weighted by Gasteiger charge is 2.34. The molecule has 0 bridgehead atoms. The lowest BCUT2D eigenvalue weighted by Gasteiger charge is -2.40. The summed E-state index contributed by atoms with van der Waals surface area (Å²) in [5.41, 5.74) is 1.69. The molecule has 0 atom stereocenters. The van der Waals surface area contributed by atoms with E-state index in [2.05, 4.69) is 34.5 Å². The highest BCUT2D eigenvalue weighted by molar-refractivity contribution is 5.49. The van der Waals surface area contributed by atoms with Crippen molar-refractivity contribution in [3.63, 3.8) is 0 Å². The first kappa shape index (κ1) is 13.7. The molecule has 3 nitrogen and oxygen atoms in total. The zero-order chi connectivity index (χ0) is 13.8. The van der Waals surface area contributed by atoms with Crippen molar-refractivity contribution in [2.45, 2.75) is 44.1 Å². The molecule has 3 rings (SSSR count). The molecular weight excluding hydrogens is 248 g/mol. The summed E-state index contributed by atoms with van der Waals surface area (Å²) in [5.74, 6) is 0.939. The van der Waals surface area contributed by atoms with Crippen molar-refractivity contribution in [3.05, 3.63) is 24.3 Å². The van der Waals surface area contributed by atoms with Gasteiger partial charge < -0.3 is 15.0 Å². The molecule has 20 heavy (non-hydrogen) atoms. The third-order valence-corrected chi connectivity index (χ3v) is 4.85. The molecule has 1 saturated carbocycles. The summed E-state index contributed by atoms with van der Waals surface area (Å²) in [5, 5.41) is 3.85. The molecule has 1 spiro atoms. The molecule has 1 aromatic carbocycles. The quantitative estimate of drug-likeness (QED) is 0.896. The first-order valence-corrected chi connectivity index (χ1v) is 7.95. The van der Waals surface area contributed by atoms with Gasteiger partial charge in [0.2, 0.25) is 0 Å². The summed E-state index contributed by atoms with van der Waals surface area (Å²) in [7, 11) is 1.72. The fraction of sp³-hybridized carbons (Fsp3) is 0.647. The van der Waals surface area contributed by atoms with Crippen molar-refractivity contribution in [1.29, 1.82) is 0 Å². The van der Waals surface area contributed by atoms with E-state index in [-0.39, 0.29) is 0 Å². The molecule has 2 fully saturated rings. The maximum Gasteiger partial charge on any atom is 0.119 e. The molecular formula is C17H26N2O. The number of methoxy groups -OCH3 is 1. The third-order valence-electron chi connectivity index (χ3n) is 4.85. The number of benzene rings is 1. The van der Waals surface area contributed by atoms with E-state index in [1.165, 1.54) is 44.2 Å². The van der Waals surface area contributed by atoms with Crippen LogP contribution in [-0.2, 0) is 0 Å². The number of rotatable bonds is 2. The second-order valence-corrected chi connectivity index (χ2v) is 6.24. The maximum atomic E-state index is 5.26. The van der Waals surface area contributed by atoms with Crippen LogP contribution in [0.15, 0.2) is 24.3 Å². The fourth-order valence-corrected chi connectivity index (χ4v) is 3.70. The molecule has 1 N–H and O–H groups in total. The number of ether oxygens (including phenoxy) is 1. The van der Waals surface area contributed by atoms with Gasteiger partial charge in [0.1, 0.15) is 5.75 Å². The summed E-state index contributed by atoms with van der Waals surface area (Å²) in [6.07, 6.45) is 8.06. The maximum absolute atomic E-state index is 5.26. The summed E-state index contributed by atoms with van der Waals surface area (Å²) < 4.78 is 5.26. The van der Waals surface area contributed by atoms with Crippen molar-refractivity contribution >= 4 is 5.69 Å². The lowest BCUT2D eigenvalue weighted by molar-refractivity contribution is 0.246. The number of hydrogen-bond donors (Lipinski definition) is 1. The predicted molar refractivity (Wildman–Crippen MR) is 83.6 cm³/mol. The topological polar surface area (TPSA) is 24.5 Å². The molecule has 0 aromatic heterocycles. The smallest absolute Gasteiger partial charge is 0.119 e. The van der Waals surface area contributed by atoms with Crippen LogP contribution < -0.4 is 15.0 Å². The van der Waals surface area contributed by atoms with E-state index in [1.54, 1.807) is 7.11 Å². The van der Waals surface area contributed by atoms with Gasteiger partial charge in [-0.1, -0.05) is 19.3 Å². The first-order chi connectivity index (χ1) is 9.81. The van der Waals surface area contributed by atoms with Gasteiger partial charge in [0.15, 0.2) is 0 Å². The summed E-state index contributed by atoms with van der Waals surface area (Å²) in [4.78, 5) is 2.56. The zero-order valence-electron chi connectivity index (χ0n) is 12.5. The van der Waals surface area contributed by atoms with Crippen LogP contribution in [0.2, 0.25) is 0 Å². The number of nitrogens with zero attached hydrogens (tertiary/aromatic N) is 1. The van der Waals surface area contributed by atoms with Gasteiger partial charge in [-0.25, -0.2) is 0 Å². The normalized spacial score (nSPS) is 22.6. The van der Waals surface area contributed by atoms with Crippen LogP contribution in [0.3, 0.4) is 0 Å². The van der Waals surface area contributed by atoms with Crippen molar-refractivity contribution < 1.29 is 4.74 Å². The standard InChI is InChI=1S/C17H26N2O/c1-20-16-8-6-15(7-9-16)19-13-5-12-18-17(14-19)10-3-2-4-11-17/h6-9,18H,2-5,10-14H2,1H3. The summed E-state index contributed by atoms with van der Waals surface area (Å²) in [6.45, 7) is 3.47. The van der Waals surface area contributed by atoms with E-state index in [1.807, 2.05) is 0 Å². The fourth-order valence-electron chi connectivity index (χ4n) is 3.70. The molecule has 2 aliphatic rings. The first-order valence-electron chi connectivity index (χ1n) is 7.95. The molecule has 1 aromatic rings. The van der Waals surface area contributed by atoms with Crippen LogP contribution in [0.1, 0.15) is 38.5 Å². The van der Waals surface area contributed by atoms with Crippen molar-refractivity contribution in [2.75, 3.05) is 31.6 Å². The van der Waals surface area contributed by atoms with Gasteiger partial charge >= 0.3 is 0 Å².